The number of fused-ring (bicyclic) bond motifs is 1. The molecule has 4 nitrogen and oxygen atoms in total. The molecule has 0 fully saturated rings. The van der Waals surface area contributed by atoms with Crippen LogP contribution in [-0.2, 0) is 0 Å². The van der Waals surface area contributed by atoms with Crippen molar-refractivity contribution in [2.75, 3.05) is 20.1 Å². The molecule has 0 N–H and O–H groups in total. The fourth-order valence-electron chi connectivity index (χ4n) is 2.82. The average molecular weight is 410 g/mol. The SMILES string of the molecule is CN1C=CC=C(CCCN2C(=O)c3ccccc3C2=O)C1.I. The third-order valence-electron chi connectivity index (χ3n) is 3.88. The van der Waals surface area contributed by atoms with E-state index in [9.17, 15) is 9.59 Å². The van der Waals surface area contributed by atoms with Gasteiger partial charge in [-0.2, -0.15) is 0 Å². The van der Waals surface area contributed by atoms with E-state index < -0.39 is 0 Å². The second kappa shape index (κ2) is 7.09. The number of hydrogen-bond donors (Lipinski definition) is 0. The fraction of sp³-hybridized carbons (Fsp3) is 0.294. The predicted molar refractivity (Wildman–Crippen MR) is 96.3 cm³/mol. The van der Waals surface area contributed by atoms with Crippen molar-refractivity contribution in [3.63, 3.8) is 0 Å². The van der Waals surface area contributed by atoms with Crippen molar-refractivity contribution in [3.05, 3.63) is 59.3 Å². The van der Waals surface area contributed by atoms with Crippen LogP contribution >= 0.6 is 24.0 Å². The predicted octanol–water partition coefficient (Wildman–Crippen LogP) is 3.07. The third-order valence-corrected chi connectivity index (χ3v) is 3.88. The largest absolute Gasteiger partial charge is 0.376 e. The summed E-state index contributed by atoms with van der Waals surface area (Å²) in [6, 6.07) is 7.03. The van der Waals surface area contributed by atoms with Crippen molar-refractivity contribution in [1.82, 2.24) is 9.80 Å². The number of imide groups is 1. The summed E-state index contributed by atoms with van der Waals surface area (Å²) in [5.74, 6) is -0.324. The van der Waals surface area contributed by atoms with Gasteiger partial charge in [-0.3, -0.25) is 14.5 Å². The van der Waals surface area contributed by atoms with Gasteiger partial charge in [-0.05, 0) is 37.3 Å². The van der Waals surface area contributed by atoms with Crippen LogP contribution in [0.5, 0.6) is 0 Å². The molecule has 2 amide bonds. The number of rotatable bonds is 4. The van der Waals surface area contributed by atoms with E-state index in [1.54, 1.807) is 24.3 Å². The quantitative estimate of drug-likeness (QED) is 0.566. The molecule has 0 radical (unpaired) electrons. The van der Waals surface area contributed by atoms with E-state index >= 15 is 0 Å². The monoisotopic (exact) mass is 410 g/mol. The number of amides is 2. The molecule has 0 saturated heterocycles. The summed E-state index contributed by atoms with van der Waals surface area (Å²) in [6.45, 7) is 1.40. The Bertz CT molecular complexity index is 617. The van der Waals surface area contributed by atoms with Gasteiger partial charge < -0.3 is 4.90 Å². The van der Waals surface area contributed by atoms with Gasteiger partial charge in [0.15, 0.2) is 0 Å². The molecular formula is C17H19IN2O2. The van der Waals surface area contributed by atoms with E-state index in [0.29, 0.717) is 17.7 Å². The minimum atomic E-state index is -0.162. The Morgan fingerprint density at radius 1 is 1.09 bits per heavy atom. The first-order chi connectivity index (χ1) is 10.2. The highest BCUT2D eigenvalue weighted by Gasteiger charge is 2.34. The van der Waals surface area contributed by atoms with Gasteiger partial charge in [-0.25, -0.2) is 0 Å². The molecule has 0 unspecified atom stereocenters. The highest BCUT2D eigenvalue weighted by Crippen LogP contribution is 2.23. The molecule has 2 heterocycles. The van der Waals surface area contributed by atoms with Crippen LogP contribution < -0.4 is 0 Å². The standard InChI is InChI=1S/C17H18N2O2.HI/c1-18-10-4-6-13(12-18)7-5-11-19-16(20)14-8-2-3-9-15(14)17(19)21;/h2-4,6,8-10H,5,7,11-12H2,1H3;1H. The number of likely N-dealkylation sites (N-methyl/N-ethyl adjacent to an activating group) is 1. The number of benzene rings is 1. The summed E-state index contributed by atoms with van der Waals surface area (Å²) in [7, 11) is 2.04. The topological polar surface area (TPSA) is 40.6 Å². The van der Waals surface area contributed by atoms with Crippen LogP contribution in [0, 0.1) is 0 Å². The smallest absolute Gasteiger partial charge is 0.261 e. The molecule has 0 aliphatic carbocycles. The Kier molecular flexibility index (Phi) is 5.39. The van der Waals surface area contributed by atoms with Gasteiger partial charge in [0.1, 0.15) is 0 Å². The first-order valence-corrected chi connectivity index (χ1v) is 7.18. The van der Waals surface area contributed by atoms with Gasteiger partial charge in [0, 0.05) is 20.1 Å². The van der Waals surface area contributed by atoms with E-state index in [4.69, 9.17) is 0 Å². The zero-order valence-corrected chi connectivity index (χ0v) is 14.8. The molecule has 0 atom stereocenters. The van der Waals surface area contributed by atoms with Crippen molar-refractivity contribution >= 4 is 35.8 Å². The van der Waals surface area contributed by atoms with Crippen LogP contribution in [0.4, 0.5) is 0 Å². The van der Waals surface area contributed by atoms with Gasteiger partial charge in [0.25, 0.3) is 11.8 Å². The lowest BCUT2D eigenvalue weighted by Crippen LogP contribution is -2.31. The number of halogens is 1. The number of carbonyl (C=O) groups is 2. The van der Waals surface area contributed by atoms with Crippen LogP contribution in [0.15, 0.2) is 48.2 Å². The Balaban J connectivity index is 0.00000176. The molecule has 0 spiro atoms. The molecule has 0 saturated carbocycles. The van der Waals surface area contributed by atoms with E-state index in [1.165, 1.54) is 10.5 Å². The minimum Gasteiger partial charge on any atom is -0.376 e. The number of hydrogen-bond acceptors (Lipinski definition) is 3. The van der Waals surface area contributed by atoms with Gasteiger partial charge in [0.05, 0.1) is 11.1 Å². The maximum absolute atomic E-state index is 12.2. The normalized spacial score (nSPS) is 16.5. The maximum atomic E-state index is 12.2. The summed E-state index contributed by atoms with van der Waals surface area (Å²) >= 11 is 0. The average Bonchev–Trinajstić information content (AvgIpc) is 2.73. The Labute approximate surface area is 147 Å². The highest BCUT2D eigenvalue weighted by molar-refractivity contribution is 14.0. The van der Waals surface area contributed by atoms with Crippen LogP contribution in [0.2, 0.25) is 0 Å². The van der Waals surface area contributed by atoms with Gasteiger partial charge in [-0.15, -0.1) is 24.0 Å². The van der Waals surface area contributed by atoms with Crippen molar-refractivity contribution in [1.29, 1.82) is 0 Å². The summed E-state index contributed by atoms with van der Waals surface area (Å²) in [5.41, 5.74) is 2.39. The van der Waals surface area contributed by atoms with E-state index in [1.807, 2.05) is 19.3 Å². The maximum Gasteiger partial charge on any atom is 0.261 e. The van der Waals surface area contributed by atoms with Crippen LogP contribution in [-0.4, -0.2) is 41.8 Å². The lowest BCUT2D eigenvalue weighted by molar-refractivity contribution is 0.0652. The van der Waals surface area contributed by atoms with Crippen molar-refractivity contribution in [2.45, 2.75) is 12.8 Å². The molecular weight excluding hydrogens is 391 g/mol. The Morgan fingerprint density at radius 2 is 1.73 bits per heavy atom. The third kappa shape index (κ3) is 3.24. The van der Waals surface area contributed by atoms with Crippen molar-refractivity contribution in [3.8, 4) is 0 Å². The number of allylic oxidation sites excluding steroid dienone is 2. The first kappa shape index (κ1) is 16.7. The highest BCUT2D eigenvalue weighted by atomic mass is 127. The van der Waals surface area contributed by atoms with Gasteiger partial charge >= 0.3 is 0 Å². The summed E-state index contributed by atoms with van der Waals surface area (Å²) in [4.78, 5) is 27.9. The van der Waals surface area contributed by atoms with Crippen LogP contribution in [0.1, 0.15) is 33.6 Å². The number of carbonyl (C=O) groups excluding carboxylic acids is 2. The van der Waals surface area contributed by atoms with Crippen molar-refractivity contribution in [2.24, 2.45) is 0 Å². The summed E-state index contributed by atoms with van der Waals surface area (Å²) in [5, 5.41) is 0. The van der Waals surface area contributed by atoms with E-state index in [-0.39, 0.29) is 35.8 Å². The number of nitrogens with zero attached hydrogens (tertiary/aromatic N) is 2. The second-order valence-electron chi connectivity index (χ2n) is 5.49. The molecule has 2 aliphatic rings. The molecule has 22 heavy (non-hydrogen) atoms. The molecule has 116 valence electrons. The van der Waals surface area contributed by atoms with E-state index in [2.05, 4.69) is 11.0 Å². The molecule has 1 aromatic rings. The Morgan fingerprint density at radius 3 is 2.32 bits per heavy atom. The van der Waals surface area contributed by atoms with Crippen molar-refractivity contribution < 1.29 is 9.59 Å². The zero-order valence-electron chi connectivity index (χ0n) is 12.5. The van der Waals surface area contributed by atoms with Gasteiger partial charge in [0.2, 0.25) is 0 Å². The lowest BCUT2D eigenvalue weighted by Gasteiger charge is -2.20. The lowest BCUT2D eigenvalue weighted by atomic mass is 10.1. The first-order valence-electron chi connectivity index (χ1n) is 7.18. The molecule has 0 aromatic heterocycles. The minimum absolute atomic E-state index is 0. The molecule has 2 aliphatic heterocycles. The molecule has 5 heteroatoms. The molecule has 3 rings (SSSR count). The molecule has 1 aromatic carbocycles. The van der Waals surface area contributed by atoms with Crippen LogP contribution in [0.25, 0.3) is 0 Å². The van der Waals surface area contributed by atoms with E-state index in [0.717, 1.165) is 19.4 Å². The Hall–Kier alpha value is -1.63. The summed E-state index contributed by atoms with van der Waals surface area (Å²) in [6.07, 6.45) is 7.89. The van der Waals surface area contributed by atoms with Gasteiger partial charge in [-0.1, -0.05) is 23.8 Å². The summed E-state index contributed by atoms with van der Waals surface area (Å²) < 4.78 is 0. The molecule has 0 bridgehead atoms. The zero-order chi connectivity index (χ0) is 14.8. The second-order valence-corrected chi connectivity index (χ2v) is 5.49. The fourth-order valence-corrected chi connectivity index (χ4v) is 2.82. The van der Waals surface area contributed by atoms with Crippen LogP contribution in [0.3, 0.4) is 0 Å².